The number of fused-ring (bicyclic) bond motifs is 1. The van der Waals surface area contributed by atoms with Gasteiger partial charge in [-0.3, -0.25) is 4.79 Å². The normalized spacial score (nSPS) is 50.0. The maximum absolute atomic E-state index is 12.8. The largest absolute Gasteiger partial charge is 0.344 e. The Hall–Kier alpha value is -1.10. The molecule has 2 heterocycles. The van der Waals surface area contributed by atoms with Crippen LogP contribution in [0, 0.1) is 23.2 Å². The molecule has 5 nitrogen and oxygen atoms in total. The smallest absolute Gasteiger partial charge is 0.338 e. The number of ether oxygens (including phenoxy) is 1. The lowest BCUT2D eigenvalue weighted by Crippen LogP contribution is -2.53. The minimum atomic E-state index is -0.309. The number of hydrogen-bond donors (Lipinski definition) is 0. The average molecular weight is 291 g/mol. The van der Waals surface area contributed by atoms with Crippen LogP contribution in [0.15, 0.2) is 0 Å². The van der Waals surface area contributed by atoms with Crippen molar-refractivity contribution in [3.8, 4) is 0 Å². The van der Waals surface area contributed by atoms with Gasteiger partial charge in [0.1, 0.15) is 6.10 Å². The summed E-state index contributed by atoms with van der Waals surface area (Å²) in [6.07, 6.45) is 7.76. The summed E-state index contributed by atoms with van der Waals surface area (Å²) in [5.74, 6) is 1.83. The number of carbonyl (C=O) groups is 2. The lowest BCUT2D eigenvalue weighted by Gasteiger charge is -2.55. The summed E-state index contributed by atoms with van der Waals surface area (Å²) in [6, 6.07) is 0. The molecule has 0 spiro atoms. The second kappa shape index (κ2) is 4.00. The van der Waals surface area contributed by atoms with Crippen LogP contribution in [0.1, 0.15) is 51.4 Å². The van der Waals surface area contributed by atoms with Gasteiger partial charge in [0.25, 0.3) is 5.91 Å². The summed E-state index contributed by atoms with van der Waals surface area (Å²) >= 11 is 0. The molecule has 0 aromatic heterocycles. The third-order valence-corrected chi connectivity index (χ3v) is 6.33. The van der Waals surface area contributed by atoms with E-state index < -0.39 is 0 Å². The third-order valence-electron chi connectivity index (χ3n) is 6.33. The van der Waals surface area contributed by atoms with Crippen molar-refractivity contribution < 1.29 is 19.2 Å². The van der Waals surface area contributed by atoms with Gasteiger partial charge < -0.3 is 9.57 Å². The molecule has 6 fully saturated rings. The number of hydroxylamine groups is 2. The summed E-state index contributed by atoms with van der Waals surface area (Å²) < 4.78 is 5.41. The van der Waals surface area contributed by atoms with E-state index in [0.717, 1.165) is 25.7 Å². The molecule has 114 valence electrons. The van der Waals surface area contributed by atoms with Crippen molar-refractivity contribution in [1.82, 2.24) is 5.06 Å². The highest BCUT2D eigenvalue weighted by Crippen LogP contribution is 2.60. The van der Waals surface area contributed by atoms with Crippen molar-refractivity contribution >= 4 is 11.9 Å². The number of epoxide rings is 1. The SMILES string of the molecule is O=C1CCC2OC2N1OC(=O)C12CC3CC(CC(C3)C1)C2. The van der Waals surface area contributed by atoms with E-state index >= 15 is 0 Å². The van der Waals surface area contributed by atoms with E-state index in [1.165, 1.54) is 24.3 Å². The zero-order valence-corrected chi connectivity index (χ0v) is 12.1. The summed E-state index contributed by atoms with van der Waals surface area (Å²) in [6.45, 7) is 0. The highest BCUT2D eigenvalue weighted by molar-refractivity contribution is 5.82. The van der Waals surface area contributed by atoms with Crippen LogP contribution in [0.5, 0.6) is 0 Å². The predicted molar refractivity (Wildman–Crippen MR) is 71.4 cm³/mol. The zero-order chi connectivity index (χ0) is 14.2. The molecule has 0 aromatic rings. The molecule has 0 aromatic carbocycles. The molecule has 4 aliphatic carbocycles. The van der Waals surface area contributed by atoms with Gasteiger partial charge >= 0.3 is 5.97 Å². The van der Waals surface area contributed by atoms with E-state index in [9.17, 15) is 9.59 Å². The first kappa shape index (κ1) is 12.4. The fourth-order valence-electron chi connectivity index (χ4n) is 5.72. The van der Waals surface area contributed by atoms with E-state index in [2.05, 4.69) is 0 Å². The number of piperidine rings is 1. The number of amides is 1. The molecule has 4 bridgehead atoms. The molecule has 6 aliphatic rings. The highest BCUT2D eigenvalue weighted by atomic mass is 16.8. The van der Waals surface area contributed by atoms with Gasteiger partial charge in [-0.2, -0.15) is 0 Å². The molecule has 0 radical (unpaired) electrons. The van der Waals surface area contributed by atoms with E-state index in [-0.39, 0.29) is 29.6 Å². The molecular weight excluding hydrogens is 270 g/mol. The summed E-state index contributed by atoms with van der Waals surface area (Å²) in [4.78, 5) is 30.3. The Labute approximate surface area is 123 Å². The Morgan fingerprint density at radius 3 is 2.38 bits per heavy atom. The van der Waals surface area contributed by atoms with Gasteiger partial charge in [0.2, 0.25) is 0 Å². The van der Waals surface area contributed by atoms with Crippen LogP contribution in [0.2, 0.25) is 0 Å². The minimum absolute atomic E-state index is 0.0897. The topological polar surface area (TPSA) is 59.1 Å². The van der Waals surface area contributed by atoms with E-state index in [1.807, 2.05) is 0 Å². The Balaban J connectivity index is 1.35. The van der Waals surface area contributed by atoms with E-state index in [4.69, 9.17) is 9.57 Å². The summed E-state index contributed by atoms with van der Waals surface area (Å²) in [5.41, 5.74) is -0.309. The molecule has 2 atom stereocenters. The van der Waals surface area contributed by atoms with Gasteiger partial charge in [0, 0.05) is 6.42 Å². The first-order valence-electron chi connectivity index (χ1n) is 8.33. The predicted octanol–water partition coefficient (Wildman–Crippen LogP) is 2.01. The van der Waals surface area contributed by atoms with Gasteiger partial charge in [0.15, 0.2) is 6.23 Å². The Bertz CT molecular complexity index is 481. The maximum Gasteiger partial charge on any atom is 0.338 e. The zero-order valence-electron chi connectivity index (χ0n) is 12.1. The first-order chi connectivity index (χ1) is 10.1. The van der Waals surface area contributed by atoms with E-state index in [0.29, 0.717) is 24.2 Å². The van der Waals surface area contributed by atoms with Gasteiger partial charge in [-0.1, -0.05) is 0 Å². The molecule has 0 N–H and O–H groups in total. The lowest BCUT2D eigenvalue weighted by molar-refractivity contribution is -0.225. The second-order valence-corrected chi connectivity index (χ2v) is 7.90. The van der Waals surface area contributed by atoms with Crippen molar-refractivity contribution in [2.45, 2.75) is 63.7 Å². The van der Waals surface area contributed by atoms with Crippen molar-refractivity contribution in [3.05, 3.63) is 0 Å². The quantitative estimate of drug-likeness (QED) is 0.730. The fourth-order valence-corrected chi connectivity index (χ4v) is 5.72. The Morgan fingerprint density at radius 2 is 1.76 bits per heavy atom. The van der Waals surface area contributed by atoms with Crippen LogP contribution in [-0.4, -0.2) is 29.3 Å². The van der Waals surface area contributed by atoms with Gasteiger partial charge in [-0.05, 0) is 62.7 Å². The molecule has 1 amide bonds. The van der Waals surface area contributed by atoms with Crippen LogP contribution in [0.25, 0.3) is 0 Å². The Kier molecular flexibility index (Phi) is 2.37. The molecule has 2 saturated heterocycles. The first-order valence-corrected chi connectivity index (χ1v) is 8.33. The number of nitrogens with zero attached hydrogens (tertiary/aromatic N) is 1. The van der Waals surface area contributed by atoms with Crippen molar-refractivity contribution in [2.24, 2.45) is 23.2 Å². The van der Waals surface area contributed by atoms with Crippen molar-refractivity contribution in [3.63, 3.8) is 0 Å². The van der Waals surface area contributed by atoms with Gasteiger partial charge in [-0.25, -0.2) is 4.79 Å². The molecule has 21 heavy (non-hydrogen) atoms. The summed E-state index contributed by atoms with van der Waals surface area (Å²) in [7, 11) is 0. The number of rotatable bonds is 2. The minimum Gasteiger partial charge on any atom is -0.344 e. The van der Waals surface area contributed by atoms with Crippen LogP contribution in [0.4, 0.5) is 0 Å². The van der Waals surface area contributed by atoms with Crippen LogP contribution in [-0.2, 0) is 19.2 Å². The summed E-state index contributed by atoms with van der Waals surface area (Å²) in [5, 5.41) is 1.23. The third kappa shape index (κ3) is 1.79. The molecule has 4 saturated carbocycles. The Morgan fingerprint density at radius 1 is 1.14 bits per heavy atom. The molecule has 6 rings (SSSR count). The lowest BCUT2D eigenvalue weighted by atomic mass is 9.49. The number of carbonyl (C=O) groups excluding carboxylic acids is 2. The second-order valence-electron chi connectivity index (χ2n) is 7.90. The van der Waals surface area contributed by atoms with Crippen molar-refractivity contribution in [1.29, 1.82) is 0 Å². The van der Waals surface area contributed by atoms with Crippen molar-refractivity contribution in [2.75, 3.05) is 0 Å². The highest BCUT2D eigenvalue weighted by Gasteiger charge is 2.58. The molecule has 2 aliphatic heterocycles. The van der Waals surface area contributed by atoms with Crippen LogP contribution >= 0.6 is 0 Å². The maximum atomic E-state index is 12.8. The molecule has 5 heteroatoms. The average Bonchev–Trinajstić information content (AvgIpc) is 3.20. The fraction of sp³-hybridized carbons (Fsp3) is 0.875. The van der Waals surface area contributed by atoms with Crippen LogP contribution in [0.3, 0.4) is 0 Å². The monoisotopic (exact) mass is 291 g/mol. The molecule has 2 unspecified atom stereocenters. The number of hydrogen-bond acceptors (Lipinski definition) is 4. The standard InChI is InChI=1S/C16H21NO4/c18-13-2-1-12-14(20-12)17(13)21-15(19)16-6-9-3-10(7-16)5-11(4-9)8-16/h9-12,14H,1-8H2. The molecular formula is C16H21NO4. The van der Waals surface area contributed by atoms with Crippen LogP contribution < -0.4 is 0 Å². The van der Waals surface area contributed by atoms with Gasteiger partial charge in [0.05, 0.1) is 5.41 Å². The van der Waals surface area contributed by atoms with E-state index in [1.54, 1.807) is 0 Å². The van der Waals surface area contributed by atoms with Gasteiger partial charge in [-0.15, -0.1) is 5.06 Å².